The maximum atomic E-state index is 14.0. The van der Waals surface area contributed by atoms with Crippen LogP contribution >= 0.6 is 11.6 Å². The summed E-state index contributed by atoms with van der Waals surface area (Å²) in [7, 11) is 0. The third-order valence-electron chi connectivity index (χ3n) is 7.10. The summed E-state index contributed by atoms with van der Waals surface area (Å²) in [6.07, 6.45) is -1.18. The molecule has 1 aliphatic carbocycles. The quantitative estimate of drug-likeness (QED) is 0.220. The molecule has 0 unspecified atom stereocenters. The Morgan fingerprint density at radius 2 is 1.54 bits per heavy atom. The van der Waals surface area contributed by atoms with E-state index < -0.39 is 63.3 Å². The lowest BCUT2D eigenvalue weighted by atomic mass is 9.77. The van der Waals surface area contributed by atoms with Crippen LogP contribution < -0.4 is 4.90 Å². The monoisotopic (exact) mass is 520 g/mol. The molecular weight excluding hydrogens is 507 g/mol. The van der Waals surface area contributed by atoms with Crippen molar-refractivity contribution in [3.05, 3.63) is 104 Å². The standard InChI is InChI=1S/C26H14ClFN2O7/c27-13-7-5-12(6-8-13)21-19-20(26(37-21)22(31)15-3-1-2-4-16(15)23(26)32)25(34)29(24(19)33)14-9-10-17(28)18(11-14)30(35)36/h1-11,19-21H/t19-,20-,21+/m0/s1. The predicted molar refractivity (Wildman–Crippen MR) is 126 cm³/mol. The highest BCUT2D eigenvalue weighted by Crippen LogP contribution is 2.57. The number of carbonyl (C=O) groups excluding carboxylic acids is 4. The molecule has 0 bridgehead atoms. The molecule has 11 heteroatoms. The van der Waals surface area contributed by atoms with Crippen LogP contribution in [0.1, 0.15) is 32.4 Å². The molecule has 3 atom stereocenters. The van der Waals surface area contributed by atoms with Crippen molar-refractivity contribution in [2.75, 3.05) is 4.90 Å². The van der Waals surface area contributed by atoms with E-state index in [9.17, 15) is 33.7 Å². The van der Waals surface area contributed by atoms with Gasteiger partial charge in [-0.3, -0.25) is 29.3 Å². The Morgan fingerprint density at radius 1 is 0.919 bits per heavy atom. The number of benzene rings is 3. The van der Waals surface area contributed by atoms with Crippen molar-refractivity contribution in [1.29, 1.82) is 0 Å². The minimum absolute atomic E-state index is 0.0686. The number of nitrogens with zero attached hydrogens (tertiary/aromatic N) is 2. The van der Waals surface area contributed by atoms with E-state index in [1.165, 1.54) is 24.3 Å². The first kappa shape index (κ1) is 23.1. The van der Waals surface area contributed by atoms with Crippen molar-refractivity contribution < 1.29 is 33.2 Å². The molecule has 0 radical (unpaired) electrons. The maximum Gasteiger partial charge on any atom is 0.306 e. The van der Waals surface area contributed by atoms with Gasteiger partial charge in [0.1, 0.15) is 0 Å². The third kappa shape index (κ3) is 3.00. The van der Waals surface area contributed by atoms with Crippen molar-refractivity contribution in [3.63, 3.8) is 0 Å². The van der Waals surface area contributed by atoms with E-state index >= 15 is 0 Å². The summed E-state index contributed by atoms with van der Waals surface area (Å²) < 4.78 is 20.1. The highest BCUT2D eigenvalue weighted by molar-refractivity contribution is 6.37. The highest BCUT2D eigenvalue weighted by atomic mass is 35.5. The number of nitro benzene ring substituents is 1. The Labute approximate surface area is 212 Å². The number of amides is 2. The lowest BCUT2D eigenvalue weighted by molar-refractivity contribution is -0.387. The van der Waals surface area contributed by atoms with E-state index in [-0.39, 0.29) is 16.8 Å². The number of hydrogen-bond donors (Lipinski definition) is 0. The highest BCUT2D eigenvalue weighted by Gasteiger charge is 2.74. The number of fused-ring (bicyclic) bond motifs is 3. The van der Waals surface area contributed by atoms with Crippen molar-refractivity contribution in [2.45, 2.75) is 11.7 Å². The van der Waals surface area contributed by atoms with Gasteiger partial charge in [-0.05, 0) is 29.8 Å². The van der Waals surface area contributed by atoms with Crippen LogP contribution in [0.3, 0.4) is 0 Å². The zero-order chi connectivity index (χ0) is 26.2. The smallest absolute Gasteiger partial charge is 0.306 e. The van der Waals surface area contributed by atoms with Gasteiger partial charge in [-0.2, -0.15) is 4.39 Å². The zero-order valence-corrected chi connectivity index (χ0v) is 19.3. The minimum Gasteiger partial charge on any atom is -0.349 e. The van der Waals surface area contributed by atoms with Crippen molar-refractivity contribution in [1.82, 2.24) is 0 Å². The lowest BCUT2D eigenvalue weighted by Gasteiger charge is -2.27. The molecule has 1 spiro atoms. The third-order valence-corrected chi connectivity index (χ3v) is 7.35. The van der Waals surface area contributed by atoms with Crippen LogP contribution in [0, 0.1) is 27.8 Å². The number of ether oxygens (including phenoxy) is 1. The molecule has 3 aliphatic rings. The fourth-order valence-electron chi connectivity index (χ4n) is 5.51. The fourth-order valence-corrected chi connectivity index (χ4v) is 5.63. The summed E-state index contributed by atoms with van der Waals surface area (Å²) in [6, 6.07) is 14.8. The van der Waals surface area contributed by atoms with Crippen LogP contribution in [-0.2, 0) is 14.3 Å². The van der Waals surface area contributed by atoms with Gasteiger partial charge in [0.2, 0.25) is 34.8 Å². The van der Waals surface area contributed by atoms with Gasteiger partial charge in [-0.1, -0.05) is 48.0 Å². The van der Waals surface area contributed by atoms with E-state index in [0.29, 0.717) is 15.5 Å². The number of anilines is 1. The average Bonchev–Trinajstić information content (AvgIpc) is 3.45. The van der Waals surface area contributed by atoms with E-state index in [1.807, 2.05) is 0 Å². The molecule has 184 valence electrons. The Morgan fingerprint density at radius 3 is 2.14 bits per heavy atom. The summed E-state index contributed by atoms with van der Waals surface area (Å²) in [6.45, 7) is 0. The molecule has 0 N–H and O–H groups in total. The number of nitro groups is 1. The van der Waals surface area contributed by atoms with Crippen LogP contribution in [0.4, 0.5) is 15.8 Å². The van der Waals surface area contributed by atoms with Gasteiger partial charge in [-0.25, -0.2) is 4.90 Å². The summed E-state index contributed by atoms with van der Waals surface area (Å²) >= 11 is 6.00. The SMILES string of the molecule is O=C1[C@@H]2[C@@H](c3ccc(Cl)cc3)OC3(C(=O)c4ccccc4C3=O)[C@@H]2C(=O)N1c1ccc(F)c([N+](=O)[O-])c1. The summed E-state index contributed by atoms with van der Waals surface area (Å²) in [4.78, 5) is 66.0. The minimum atomic E-state index is -2.30. The predicted octanol–water partition coefficient (Wildman–Crippen LogP) is 4.08. The van der Waals surface area contributed by atoms with E-state index in [0.717, 1.165) is 18.2 Å². The molecule has 0 saturated carbocycles. The molecule has 9 nitrogen and oxygen atoms in total. The molecule has 37 heavy (non-hydrogen) atoms. The van der Waals surface area contributed by atoms with Gasteiger partial charge in [0.15, 0.2) is 0 Å². The van der Waals surface area contributed by atoms with Crippen LogP contribution in [0.25, 0.3) is 0 Å². The number of ketones is 2. The summed E-state index contributed by atoms with van der Waals surface area (Å²) in [5, 5.41) is 11.7. The second-order valence-electron chi connectivity index (χ2n) is 8.94. The molecule has 0 aromatic heterocycles. The number of hydrogen-bond acceptors (Lipinski definition) is 7. The fraction of sp³-hybridized carbons (Fsp3) is 0.154. The van der Waals surface area contributed by atoms with Gasteiger partial charge in [0, 0.05) is 22.2 Å². The molecule has 2 aliphatic heterocycles. The Balaban J connectivity index is 1.54. The van der Waals surface area contributed by atoms with Gasteiger partial charge in [-0.15, -0.1) is 0 Å². The number of carbonyl (C=O) groups is 4. The molecule has 2 amide bonds. The van der Waals surface area contributed by atoms with Gasteiger partial charge < -0.3 is 4.74 Å². The second kappa shape index (κ2) is 7.86. The summed E-state index contributed by atoms with van der Waals surface area (Å²) in [5.41, 5.74) is -2.94. The second-order valence-corrected chi connectivity index (χ2v) is 9.37. The average molecular weight is 521 g/mol. The van der Waals surface area contributed by atoms with Crippen molar-refractivity contribution >= 4 is 46.4 Å². The van der Waals surface area contributed by atoms with Crippen LogP contribution in [0.2, 0.25) is 5.02 Å². The first-order chi connectivity index (χ1) is 17.7. The lowest BCUT2D eigenvalue weighted by Crippen LogP contribution is -2.51. The zero-order valence-electron chi connectivity index (χ0n) is 18.6. The van der Waals surface area contributed by atoms with Crippen LogP contribution in [0.15, 0.2) is 66.7 Å². The van der Waals surface area contributed by atoms with Gasteiger partial charge in [0.05, 0.1) is 28.6 Å². The topological polar surface area (TPSA) is 124 Å². The number of halogens is 2. The molecule has 2 fully saturated rings. The Hall–Kier alpha value is -4.28. The van der Waals surface area contributed by atoms with Crippen molar-refractivity contribution in [2.24, 2.45) is 11.8 Å². The summed E-state index contributed by atoms with van der Waals surface area (Å²) in [5.74, 6) is -7.26. The Kier molecular flexibility index (Phi) is 4.91. The molecule has 3 aromatic rings. The molecule has 3 aromatic carbocycles. The molecule has 6 rings (SSSR count). The van der Waals surface area contributed by atoms with Crippen molar-refractivity contribution in [3.8, 4) is 0 Å². The normalized spacial score (nSPS) is 23.6. The van der Waals surface area contributed by atoms with E-state index in [2.05, 4.69) is 0 Å². The first-order valence-corrected chi connectivity index (χ1v) is 11.5. The largest absolute Gasteiger partial charge is 0.349 e. The van der Waals surface area contributed by atoms with Gasteiger partial charge >= 0.3 is 5.69 Å². The maximum absolute atomic E-state index is 14.0. The molecular formula is C26H14ClFN2O7. The van der Waals surface area contributed by atoms with E-state index in [4.69, 9.17) is 16.3 Å². The number of Topliss-reactive ketones (excluding diaryl/α,β-unsaturated/α-hetero) is 2. The molecule has 2 saturated heterocycles. The van der Waals surface area contributed by atoms with Crippen LogP contribution in [0.5, 0.6) is 0 Å². The molecule has 2 heterocycles. The number of imide groups is 1. The Bertz CT molecular complexity index is 1540. The first-order valence-electron chi connectivity index (χ1n) is 11.1. The number of rotatable bonds is 3. The van der Waals surface area contributed by atoms with E-state index in [1.54, 1.807) is 24.3 Å². The van der Waals surface area contributed by atoms with Crippen LogP contribution in [-0.4, -0.2) is 33.9 Å². The van der Waals surface area contributed by atoms with Gasteiger partial charge in [0.25, 0.3) is 0 Å².